The van der Waals surface area contributed by atoms with Gasteiger partial charge in [0.1, 0.15) is 5.01 Å². The van der Waals surface area contributed by atoms with Gasteiger partial charge in [0.2, 0.25) is 0 Å². The summed E-state index contributed by atoms with van der Waals surface area (Å²) in [6.45, 7) is 2.93. The first-order chi connectivity index (χ1) is 5.88. The first kappa shape index (κ1) is 9.64. The lowest BCUT2D eigenvalue weighted by Gasteiger charge is -2.12. The Balaban J connectivity index is 2.45. The van der Waals surface area contributed by atoms with Gasteiger partial charge in [-0.25, -0.2) is 4.98 Å². The zero-order valence-corrected chi connectivity index (χ0v) is 7.97. The number of rotatable bonds is 5. The lowest BCUT2D eigenvalue weighted by molar-refractivity contribution is 0.283. The molecule has 3 nitrogen and oxygen atoms in total. The second-order valence-electron chi connectivity index (χ2n) is 2.51. The van der Waals surface area contributed by atoms with Gasteiger partial charge in [-0.05, 0) is 6.42 Å². The molecule has 1 rings (SSSR count). The van der Waals surface area contributed by atoms with E-state index >= 15 is 0 Å². The van der Waals surface area contributed by atoms with Gasteiger partial charge in [0, 0.05) is 18.1 Å². The van der Waals surface area contributed by atoms with Gasteiger partial charge in [-0.15, -0.1) is 11.3 Å². The van der Waals surface area contributed by atoms with E-state index in [0.717, 1.165) is 11.4 Å². The number of aliphatic hydroxyl groups excluding tert-OH is 1. The second kappa shape index (κ2) is 5.24. The Morgan fingerprint density at radius 3 is 3.08 bits per heavy atom. The van der Waals surface area contributed by atoms with Crippen LogP contribution in [0.1, 0.15) is 24.4 Å². The molecule has 0 fully saturated rings. The van der Waals surface area contributed by atoms with Crippen molar-refractivity contribution >= 4 is 11.3 Å². The Morgan fingerprint density at radius 2 is 2.58 bits per heavy atom. The number of nitrogens with zero attached hydrogens (tertiary/aromatic N) is 1. The number of hydrogen-bond donors (Lipinski definition) is 2. The molecule has 1 aromatic rings. The van der Waals surface area contributed by atoms with Gasteiger partial charge in [0.25, 0.3) is 0 Å². The fraction of sp³-hybridized carbons (Fsp3) is 0.625. The van der Waals surface area contributed by atoms with Crippen molar-refractivity contribution in [3.63, 3.8) is 0 Å². The summed E-state index contributed by atoms with van der Waals surface area (Å²) in [4.78, 5) is 4.21. The molecule has 0 saturated carbocycles. The van der Waals surface area contributed by atoms with Crippen LogP contribution in [-0.4, -0.2) is 23.2 Å². The first-order valence-corrected chi connectivity index (χ1v) is 5.00. The molecule has 68 valence electrons. The van der Waals surface area contributed by atoms with Gasteiger partial charge in [0.15, 0.2) is 0 Å². The Kier molecular flexibility index (Phi) is 4.21. The summed E-state index contributed by atoms with van der Waals surface area (Å²) in [5.41, 5.74) is 0. The minimum Gasteiger partial charge on any atom is -0.395 e. The molecule has 4 heteroatoms. The molecule has 0 aliphatic carbocycles. The molecule has 1 heterocycles. The number of hydrogen-bond acceptors (Lipinski definition) is 4. The van der Waals surface area contributed by atoms with E-state index in [1.165, 1.54) is 0 Å². The molecule has 12 heavy (non-hydrogen) atoms. The maximum atomic E-state index is 8.63. The van der Waals surface area contributed by atoms with Crippen molar-refractivity contribution < 1.29 is 5.11 Å². The fourth-order valence-corrected chi connectivity index (χ4v) is 1.85. The SMILES string of the molecule is CCC(NCCO)c1nccs1. The predicted octanol–water partition coefficient (Wildman–Crippen LogP) is 1.18. The average Bonchev–Trinajstić information content (AvgIpc) is 2.59. The molecule has 0 bridgehead atoms. The van der Waals surface area contributed by atoms with Crippen LogP contribution in [0, 0.1) is 0 Å². The third-order valence-electron chi connectivity index (χ3n) is 1.66. The summed E-state index contributed by atoms with van der Waals surface area (Å²) in [5.74, 6) is 0. The zero-order valence-electron chi connectivity index (χ0n) is 7.16. The van der Waals surface area contributed by atoms with E-state index in [4.69, 9.17) is 5.11 Å². The van der Waals surface area contributed by atoms with Gasteiger partial charge in [-0.2, -0.15) is 0 Å². The van der Waals surface area contributed by atoms with Crippen LogP contribution in [0.5, 0.6) is 0 Å². The standard InChI is InChI=1S/C8H14N2OS/c1-2-7(9-3-5-11)8-10-4-6-12-8/h4,6-7,9,11H,2-3,5H2,1H3. The highest BCUT2D eigenvalue weighted by molar-refractivity contribution is 7.09. The van der Waals surface area contributed by atoms with E-state index < -0.39 is 0 Å². The maximum Gasteiger partial charge on any atom is 0.109 e. The van der Waals surface area contributed by atoms with Crippen molar-refractivity contribution in [2.75, 3.05) is 13.2 Å². The molecule has 0 amide bonds. The monoisotopic (exact) mass is 186 g/mol. The second-order valence-corrected chi connectivity index (χ2v) is 3.44. The van der Waals surface area contributed by atoms with Gasteiger partial charge in [-0.1, -0.05) is 6.92 Å². The summed E-state index contributed by atoms with van der Waals surface area (Å²) in [6.07, 6.45) is 2.82. The highest BCUT2D eigenvalue weighted by Gasteiger charge is 2.09. The number of nitrogens with one attached hydrogen (secondary N) is 1. The smallest absolute Gasteiger partial charge is 0.109 e. The first-order valence-electron chi connectivity index (χ1n) is 4.12. The molecule has 0 aliphatic rings. The largest absolute Gasteiger partial charge is 0.395 e. The van der Waals surface area contributed by atoms with Gasteiger partial charge >= 0.3 is 0 Å². The van der Waals surface area contributed by atoms with Crippen LogP contribution in [0.2, 0.25) is 0 Å². The number of aliphatic hydroxyl groups is 1. The number of thiazole rings is 1. The van der Waals surface area contributed by atoms with Crippen molar-refractivity contribution in [1.82, 2.24) is 10.3 Å². The van der Waals surface area contributed by atoms with Crippen LogP contribution in [0.3, 0.4) is 0 Å². The third-order valence-corrected chi connectivity index (χ3v) is 2.55. The minimum absolute atomic E-state index is 0.182. The van der Waals surface area contributed by atoms with E-state index in [0.29, 0.717) is 12.6 Å². The van der Waals surface area contributed by atoms with Crippen LogP contribution in [0.15, 0.2) is 11.6 Å². The van der Waals surface area contributed by atoms with Crippen LogP contribution >= 0.6 is 11.3 Å². The normalized spacial score (nSPS) is 13.2. The average molecular weight is 186 g/mol. The molecule has 0 spiro atoms. The van der Waals surface area contributed by atoms with Crippen molar-refractivity contribution in [3.8, 4) is 0 Å². The van der Waals surface area contributed by atoms with Crippen LogP contribution < -0.4 is 5.32 Å². The summed E-state index contributed by atoms with van der Waals surface area (Å²) < 4.78 is 0. The lowest BCUT2D eigenvalue weighted by atomic mass is 10.2. The predicted molar refractivity (Wildman–Crippen MR) is 50.2 cm³/mol. The van der Waals surface area contributed by atoms with E-state index in [9.17, 15) is 0 Å². The molecule has 1 unspecified atom stereocenters. The molecule has 0 saturated heterocycles. The Labute approximate surface area is 76.5 Å². The number of aromatic nitrogens is 1. The van der Waals surface area contributed by atoms with Crippen molar-refractivity contribution in [3.05, 3.63) is 16.6 Å². The van der Waals surface area contributed by atoms with Crippen LogP contribution in [0.4, 0.5) is 0 Å². The van der Waals surface area contributed by atoms with E-state index in [2.05, 4.69) is 17.2 Å². The third kappa shape index (κ3) is 2.55. The Morgan fingerprint density at radius 1 is 1.75 bits per heavy atom. The Bertz CT molecular complexity index is 201. The summed E-state index contributed by atoms with van der Waals surface area (Å²) in [6, 6.07) is 0.303. The van der Waals surface area contributed by atoms with Gasteiger partial charge < -0.3 is 10.4 Å². The van der Waals surface area contributed by atoms with Crippen molar-refractivity contribution in [1.29, 1.82) is 0 Å². The minimum atomic E-state index is 0.182. The molecule has 0 aromatic carbocycles. The van der Waals surface area contributed by atoms with Crippen LogP contribution in [0.25, 0.3) is 0 Å². The van der Waals surface area contributed by atoms with Crippen molar-refractivity contribution in [2.24, 2.45) is 0 Å². The van der Waals surface area contributed by atoms with E-state index in [1.54, 1.807) is 11.3 Å². The Hall–Kier alpha value is -0.450. The van der Waals surface area contributed by atoms with E-state index in [1.807, 2.05) is 11.6 Å². The highest BCUT2D eigenvalue weighted by Crippen LogP contribution is 2.17. The molecular formula is C8H14N2OS. The summed E-state index contributed by atoms with van der Waals surface area (Å²) in [7, 11) is 0. The topological polar surface area (TPSA) is 45.1 Å². The van der Waals surface area contributed by atoms with Gasteiger partial charge in [0.05, 0.1) is 12.6 Å². The van der Waals surface area contributed by atoms with Crippen LogP contribution in [-0.2, 0) is 0 Å². The molecule has 1 aromatic heterocycles. The van der Waals surface area contributed by atoms with Crippen molar-refractivity contribution in [2.45, 2.75) is 19.4 Å². The molecular weight excluding hydrogens is 172 g/mol. The molecule has 0 aliphatic heterocycles. The van der Waals surface area contributed by atoms with E-state index in [-0.39, 0.29) is 6.61 Å². The summed E-state index contributed by atoms with van der Waals surface area (Å²) in [5, 5.41) is 14.9. The lowest BCUT2D eigenvalue weighted by Crippen LogP contribution is -2.23. The highest BCUT2D eigenvalue weighted by atomic mass is 32.1. The molecule has 1 atom stereocenters. The fourth-order valence-electron chi connectivity index (χ4n) is 1.05. The van der Waals surface area contributed by atoms with Gasteiger partial charge in [-0.3, -0.25) is 0 Å². The zero-order chi connectivity index (χ0) is 8.81. The molecule has 0 radical (unpaired) electrons. The quantitative estimate of drug-likeness (QED) is 0.725. The molecule has 2 N–H and O–H groups in total. The summed E-state index contributed by atoms with van der Waals surface area (Å²) >= 11 is 1.65. The maximum absolute atomic E-state index is 8.63.